The van der Waals surface area contributed by atoms with E-state index in [9.17, 15) is 0 Å². The lowest BCUT2D eigenvalue weighted by Gasteiger charge is -2.33. The molecule has 0 fully saturated rings. The van der Waals surface area contributed by atoms with Gasteiger partial charge in [-0.3, -0.25) is 0 Å². The van der Waals surface area contributed by atoms with Gasteiger partial charge in [-0.15, -0.1) is 0 Å². The third-order valence-electron chi connectivity index (χ3n) is 9.26. The van der Waals surface area contributed by atoms with Crippen molar-refractivity contribution in [2.24, 2.45) is 0 Å². The van der Waals surface area contributed by atoms with E-state index < -0.39 is 0 Å². The number of para-hydroxylation sites is 8. The van der Waals surface area contributed by atoms with Gasteiger partial charge >= 0.3 is 0 Å². The first-order valence-electron chi connectivity index (χ1n) is 17.7. The second-order valence-corrected chi connectivity index (χ2v) is 12.7. The fraction of sp³-hybridized carbons (Fsp3) is 0.0204. The molecule has 3 heteroatoms. The van der Waals surface area contributed by atoms with Gasteiger partial charge in [-0.25, -0.2) is 0 Å². The molecule has 1 aromatic heterocycles. The largest absolute Gasteiger partial charge is 0.309 e. The van der Waals surface area contributed by atoms with Crippen LogP contribution in [0.15, 0.2) is 218 Å². The number of aromatic nitrogens is 1. The molecule has 8 aromatic carbocycles. The average Bonchev–Trinajstić information content (AvgIpc) is 3.55. The monoisotopic (exact) mass is 669 g/mol. The molecule has 0 spiro atoms. The highest BCUT2D eigenvalue weighted by atomic mass is 15.2. The Morgan fingerprint density at radius 3 is 1.15 bits per heavy atom. The molecule has 0 aliphatic rings. The molecule has 0 aliphatic heterocycles. The first-order chi connectivity index (χ1) is 25.8. The van der Waals surface area contributed by atoms with Crippen LogP contribution in [0.25, 0.3) is 27.5 Å². The van der Waals surface area contributed by atoms with Crippen LogP contribution in [0.3, 0.4) is 0 Å². The van der Waals surface area contributed by atoms with Crippen LogP contribution in [0.4, 0.5) is 34.1 Å². The lowest BCUT2D eigenvalue weighted by atomic mass is 10.1. The highest BCUT2D eigenvalue weighted by Gasteiger charge is 2.21. The predicted octanol–water partition coefficient (Wildman–Crippen LogP) is 13.7. The van der Waals surface area contributed by atoms with Gasteiger partial charge in [0.05, 0.1) is 22.4 Å². The van der Waals surface area contributed by atoms with Crippen LogP contribution in [0.1, 0.15) is 5.56 Å². The van der Waals surface area contributed by atoms with Crippen LogP contribution in [-0.2, 0) is 0 Å². The van der Waals surface area contributed by atoms with Crippen molar-refractivity contribution < 1.29 is 0 Å². The normalized spacial score (nSPS) is 10.8. The van der Waals surface area contributed by atoms with Gasteiger partial charge in [0.15, 0.2) is 0 Å². The van der Waals surface area contributed by atoms with Crippen molar-refractivity contribution in [2.75, 3.05) is 9.80 Å². The molecule has 0 bridgehead atoms. The predicted molar refractivity (Wildman–Crippen MR) is 221 cm³/mol. The van der Waals surface area contributed by atoms with Gasteiger partial charge in [-0.2, -0.15) is 0 Å². The highest BCUT2D eigenvalue weighted by Crippen LogP contribution is 2.45. The highest BCUT2D eigenvalue weighted by molar-refractivity contribution is 6.09. The first-order valence-corrected chi connectivity index (χ1v) is 17.7. The Morgan fingerprint density at radius 1 is 0.327 bits per heavy atom. The fourth-order valence-corrected chi connectivity index (χ4v) is 6.97. The van der Waals surface area contributed by atoms with E-state index in [1.807, 2.05) is 0 Å². The molecule has 0 radical (unpaired) electrons. The number of benzene rings is 8. The standard InChI is InChI=1S/C31H26N2.C18H13N/c1-25-14-13-21-29(24-25)33(28-19-9-4-10-20-28)31-23-12-11-22-30(31)32(26-15-5-2-6-16-26)27-17-7-3-8-18-27;1-2-8-14(9-3-1)19-17-12-6-4-10-15(17)16-11-5-7-13-18(16)19/h2-24H,1H3;1-13H. The van der Waals surface area contributed by atoms with E-state index in [1.165, 1.54) is 33.1 Å². The summed E-state index contributed by atoms with van der Waals surface area (Å²) in [4.78, 5) is 4.66. The van der Waals surface area contributed by atoms with Gasteiger partial charge in [0.1, 0.15) is 0 Å². The molecule has 0 amide bonds. The van der Waals surface area contributed by atoms with Crippen LogP contribution >= 0.6 is 0 Å². The quantitative estimate of drug-likeness (QED) is 0.167. The van der Waals surface area contributed by atoms with Gasteiger partial charge in [0, 0.05) is 39.2 Å². The number of aryl methyl sites for hydroxylation is 1. The maximum absolute atomic E-state index is 2.33. The third kappa shape index (κ3) is 6.56. The minimum Gasteiger partial charge on any atom is -0.309 e. The SMILES string of the molecule is Cc1cccc(N(c2ccccc2)c2ccccc2N(c2ccccc2)c2ccccc2)c1.c1ccc(-n2c3ccccc3c3ccccc32)cc1. The van der Waals surface area contributed by atoms with Gasteiger partial charge in [-0.1, -0.05) is 133 Å². The Bertz CT molecular complexity index is 2430. The van der Waals surface area contributed by atoms with Gasteiger partial charge < -0.3 is 14.4 Å². The maximum atomic E-state index is 2.33. The Labute approximate surface area is 305 Å². The summed E-state index contributed by atoms with van der Waals surface area (Å²) in [7, 11) is 0. The molecule has 9 rings (SSSR count). The second-order valence-electron chi connectivity index (χ2n) is 12.7. The molecule has 0 saturated heterocycles. The summed E-state index contributed by atoms with van der Waals surface area (Å²) in [6.07, 6.45) is 0. The molecule has 0 saturated carbocycles. The van der Waals surface area contributed by atoms with Crippen LogP contribution in [0.2, 0.25) is 0 Å². The van der Waals surface area contributed by atoms with E-state index >= 15 is 0 Å². The van der Waals surface area contributed by atoms with Crippen LogP contribution in [0, 0.1) is 6.92 Å². The average molecular weight is 670 g/mol. The molecule has 0 atom stereocenters. The zero-order valence-corrected chi connectivity index (χ0v) is 29.1. The molecule has 0 N–H and O–H groups in total. The third-order valence-corrected chi connectivity index (χ3v) is 9.26. The van der Waals surface area contributed by atoms with Gasteiger partial charge in [0.2, 0.25) is 0 Å². The minimum atomic E-state index is 1.11. The summed E-state index contributed by atoms with van der Waals surface area (Å²) >= 11 is 0. The summed E-state index contributed by atoms with van der Waals surface area (Å²) in [5.74, 6) is 0. The van der Waals surface area contributed by atoms with E-state index in [0.29, 0.717) is 0 Å². The van der Waals surface area contributed by atoms with Gasteiger partial charge in [-0.05, 0) is 97.4 Å². The van der Waals surface area contributed by atoms with Crippen LogP contribution in [-0.4, -0.2) is 4.57 Å². The minimum absolute atomic E-state index is 1.11. The van der Waals surface area contributed by atoms with Crippen molar-refractivity contribution in [3.63, 3.8) is 0 Å². The number of rotatable bonds is 7. The molecule has 250 valence electrons. The fourth-order valence-electron chi connectivity index (χ4n) is 6.97. The maximum Gasteiger partial charge on any atom is 0.0702 e. The van der Waals surface area contributed by atoms with Gasteiger partial charge in [0.25, 0.3) is 0 Å². The molecule has 1 heterocycles. The first kappa shape index (κ1) is 32.4. The molecule has 3 nitrogen and oxygen atoms in total. The van der Waals surface area contributed by atoms with Crippen molar-refractivity contribution in [1.82, 2.24) is 4.57 Å². The lowest BCUT2D eigenvalue weighted by Crippen LogP contribution is -2.16. The van der Waals surface area contributed by atoms with Crippen molar-refractivity contribution >= 4 is 55.9 Å². The second kappa shape index (κ2) is 15.0. The number of anilines is 6. The molecular formula is C49H39N3. The lowest BCUT2D eigenvalue weighted by molar-refractivity contribution is 1.18. The molecule has 0 unspecified atom stereocenters. The summed E-state index contributed by atoms with van der Waals surface area (Å²) < 4.78 is 2.32. The number of nitrogens with zero attached hydrogens (tertiary/aromatic N) is 3. The van der Waals surface area contributed by atoms with E-state index in [0.717, 1.165) is 34.1 Å². The van der Waals surface area contributed by atoms with Crippen LogP contribution in [0.5, 0.6) is 0 Å². The van der Waals surface area contributed by atoms with E-state index in [2.05, 4.69) is 240 Å². The van der Waals surface area contributed by atoms with Crippen molar-refractivity contribution in [2.45, 2.75) is 6.92 Å². The van der Waals surface area contributed by atoms with Crippen molar-refractivity contribution in [3.05, 3.63) is 224 Å². The Balaban J connectivity index is 0.000000171. The molecular weight excluding hydrogens is 631 g/mol. The molecule has 9 aromatic rings. The van der Waals surface area contributed by atoms with E-state index in [-0.39, 0.29) is 0 Å². The smallest absolute Gasteiger partial charge is 0.0702 e. The Hall–Kier alpha value is -6.84. The summed E-state index contributed by atoms with van der Waals surface area (Å²) in [6, 6.07) is 76.6. The van der Waals surface area contributed by atoms with Crippen molar-refractivity contribution in [1.29, 1.82) is 0 Å². The molecule has 52 heavy (non-hydrogen) atoms. The van der Waals surface area contributed by atoms with Crippen LogP contribution < -0.4 is 9.80 Å². The summed E-state index contributed by atoms with van der Waals surface area (Å²) in [6.45, 7) is 2.14. The summed E-state index contributed by atoms with van der Waals surface area (Å²) in [5.41, 5.74) is 11.7. The van der Waals surface area contributed by atoms with Crippen molar-refractivity contribution in [3.8, 4) is 5.69 Å². The molecule has 0 aliphatic carbocycles. The number of hydrogen-bond donors (Lipinski definition) is 0. The van der Waals surface area contributed by atoms with E-state index in [4.69, 9.17) is 0 Å². The Kier molecular flexibility index (Phi) is 9.31. The summed E-state index contributed by atoms with van der Waals surface area (Å²) in [5, 5.41) is 2.61. The Morgan fingerprint density at radius 2 is 0.692 bits per heavy atom. The number of fused-ring (bicyclic) bond motifs is 3. The zero-order chi connectivity index (χ0) is 35.1. The zero-order valence-electron chi connectivity index (χ0n) is 29.1. The van der Waals surface area contributed by atoms with E-state index in [1.54, 1.807) is 0 Å². The number of hydrogen-bond acceptors (Lipinski definition) is 2. The topological polar surface area (TPSA) is 11.4 Å².